The normalized spacial score (nSPS) is 17.1. The quantitative estimate of drug-likeness (QED) is 0.675. The zero-order valence-electron chi connectivity index (χ0n) is 16.2. The van der Waals surface area contributed by atoms with Gasteiger partial charge in [-0.05, 0) is 53.7 Å². The third kappa shape index (κ3) is 5.20. The molecule has 1 saturated heterocycles. The highest BCUT2D eigenvalue weighted by Gasteiger charge is 2.29. The minimum absolute atomic E-state index is 0.0725. The van der Waals surface area contributed by atoms with Crippen LogP contribution in [-0.4, -0.2) is 60.6 Å². The lowest BCUT2D eigenvalue weighted by Gasteiger charge is -2.35. The summed E-state index contributed by atoms with van der Waals surface area (Å²) in [6.45, 7) is 4.45. The first-order valence-electron chi connectivity index (χ1n) is 9.63. The fraction of sp³-hybridized carbons (Fsp3) is 0.381. The van der Waals surface area contributed by atoms with Crippen molar-refractivity contribution in [3.63, 3.8) is 0 Å². The molecule has 0 spiro atoms. The van der Waals surface area contributed by atoms with Crippen LogP contribution in [0.25, 0.3) is 0 Å². The van der Waals surface area contributed by atoms with Gasteiger partial charge in [-0.2, -0.15) is 13.2 Å². The van der Waals surface area contributed by atoms with Crippen LogP contribution in [0.5, 0.6) is 11.5 Å². The van der Waals surface area contributed by atoms with Gasteiger partial charge in [0.1, 0.15) is 13.2 Å². The molecule has 2 aliphatic heterocycles. The largest absolute Gasteiger partial charge is 0.486 e. The van der Waals surface area contributed by atoms with Crippen LogP contribution in [-0.2, 0) is 6.54 Å². The smallest absolute Gasteiger partial charge is 0.446 e. The van der Waals surface area contributed by atoms with Crippen LogP contribution < -0.4 is 9.47 Å². The van der Waals surface area contributed by atoms with Crippen LogP contribution in [0.1, 0.15) is 15.9 Å². The average molecular weight is 438 g/mol. The van der Waals surface area contributed by atoms with Gasteiger partial charge >= 0.3 is 5.51 Å². The molecule has 2 aliphatic rings. The van der Waals surface area contributed by atoms with E-state index in [1.54, 1.807) is 4.90 Å². The van der Waals surface area contributed by atoms with Crippen molar-refractivity contribution >= 4 is 17.7 Å². The number of amides is 1. The number of halogens is 3. The lowest BCUT2D eigenvalue weighted by molar-refractivity contribution is -0.0328. The molecule has 0 unspecified atom stereocenters. The summed E-state index contributed by atoms with van der Waals surface area (Å²) < 4.78 is 48.5. The van der Waals surface area contributed by atoms with E-state index in [0.29, 0.717) is 31.9 Å². The predicted molar refractivity (Wildman–Crippen MR) is 107 cm³/mol. The molecule has 30 heavy (non-hydrogen) atoms. The Morgan fingerprint density at radius 1 is 0.933 bits per heavy atom. The van der Waals surface area contributed by atoms with Crippen LogP contribution in [0.3, 0.4) is 0 Å². The highest BCUT2D eigenvalue weighted by Crippen LogP contribution is 2.36. The zero-order chi connectivity index (χ0) is 21.1. The van der Waals surface area contributed by atoms with Gasteiger partial charge in [0.15, 0.2) is 11.5 Å². The molecule has 2 aromatic carbocycles. The van der Waals surface area contributed by atoms with E-state index >= 15 is 0 Å². The van der Waals surface area contributed by atoms with Crippen molar-refractivity contribution in [2.24, 2.45) is 0 Å². The molecule has 0 N–H and O–H groups in total. The Bertz CT molecular complexity index is 897. The molecule has 2 heterocycles. The molecule has 1 fully saturated rings. The number of hydrogen-bond donors (Lipinski definition) is 0. The summed E-state index contributed by atoms with van der Waals surface area (Å²) in [4.78, 5) is 16.7. The first kappa shape index (κ1) is 20.9. The number of hydrogen-bond acceptors (Lipinski definition) is 5. The van der Waals surface area contributed by atoms with Gasteiger partial charge in [0.05, 0.1) is 0 Å². The van der Waals surface area contributed by atoms with Crippen LogP contribution in [0.4, 0.5) is 13.2 Å². The summed E-state index contributed by atoms with van der Waals surface area (Å²) >= 11 is -0.182. The number of ether oxygens (including phenoxy) is 2. The minimum Gasteiger partial charge on any atom is -0.486 e. The van der Waals surface area contributed by atoms with E-state index in [-0.39, 0.29) is 22.6 Å². The molecule has 0 aliphatic carbocycles. The van der Waals surface area contributed by atoms with Crippen molar-refractivity contribution in [2.75, 3.05) is 39.4 Å². The fourth-order valence-corrected chi connectivity index (χ4v) is 4.07. The predicted octanol–water partition coefficient (Wildman–Crippen LogP) is 4.03. The number of fused-ring (bicyclic) bond motifs is 1. The molecule has 5 nitrogen and oxygen atoms in total. The van der Waals surface area contributed by atoms with E-state index in [4.69, 9.17) is 9.47 Å². The molecule has 0 saturated carbocycles. The second-order valence-corrected chi connectivity index (χ2v) is 8.26. The number of piperazine rings is 1. The lowest BCUT2D eigenvalue weighted by atomic mass is 10.1. The van der Waals surface area contributed by atoms with E-state index in [1.165, 1.54) is 24.3 Å². The minimum atomic E-state index is -4.33. The van der Waals surface area contributed by atoms with Crippen molar-refractivity contribution < 1.29 is 27.4 Å². The third-order valence-corrected chi connectivity index (χ3v) is 5.75. The third-order valence-electron chi connectivity index (χ3n) is 5.01. The van der Waals surface area contributed by atoms with Crippen LogP contribution in [0.15, 0.2) is 47.4 Å². The lowest BCUT2D eigenvalue weighted by Crippen LogP contribution is -2.48. The van der Waals surface area contributed by atoms with Gasteiger partial charge in [-0.25, -0.2) is 0 Å². The highest BCUT2D eigenvalue weighted by atomic mass is 32.2. The molecule has 1 amide bonds. The van der Waals surface area contributed by atoms with Gasteiger partial charge in [-0.1, -0.05) is 6.07 Å². The van der Waals surface area contributed by atoms with Gasteiger partial charge in [-0.15, -0.1) is 0 Å². The number of benzene rings is 2. The van der Waals surface area contributed by atoms with E-state index in [1.807, 2.05) is 18.2 Å². The Morgan fingerprint density at radius 2 is 1.60 bits per heavy atom. The van der Waals surface area contributed by atoms with Crippen LogP contribution in [0, 0.1) is 0 Å². The second kappa shape index (κ2) is 8.77. The Labute approximate surface area is 176 Å². The Hall–Kier alpha value is -2.39. The Balaban J connectivity index is 1.30. The van der Waals surface area contributed by atoms with Crippen LogP contribution >= 0.6 is 11.8 Å². The Morgan fingerprint density at radius 3 is 2.27 bits per heavy atom. The summed E-state index contributed by atoms with van der Waals surface area (Å²) in [6.07, 6.45) is 0. The van der Waals surface area contributed by atoms with Crippen molar-refractivity contribution in [3.8, 4) is 11.5 Å². The highest BCUT2D eigenvalue weighted by molar-refractivity contribution is 8.00. The fourth-order valence-electron chi connectivity index (χ4n) is 3.54. The van der Waals surface area contributed by atoms with Gasteiger partial charge in [0.25, 0.3) is 5.91 Å². The number of alkyl halides is 3. The van der Waals surface area contributed by atoms with Crippen molar-refractivity contribution in [1.82, 2.24) is 9.80 Å². The number of rotatable bonds is 4. The monoisotopic (exact) mass is 438 g/mol. The van der Waals surface area contributed by atoms with Gasteiger partial charge in [0.2, 0.25) is 0 Å². The number of nitrogens with zero attached hydrogens (tertiary/aromatic N) is 2. The van der Waals surface area contributed by atoms with Crippen molar-refractivity contribution in [2.45, 2.75) is 16.9 Å². The van der Waals surface area contributed by atoms with E-state index in [9.17, 15) is 18.0 Å². The SMILES string of the molecule is O=C(c1ccc(SC(F)(F)F)cc1)N1CCN(Cc2ccc3c(c2)OCCO3)CC1. The topological polar surface area (TPSA) is 42.0 Å². The number of carbonyl (C=O) groups excluding carboxylic acids is 1. The molecule has 2 aromatic rings. The Kier molecular flexibility index (Phi) is 6.10. The van der Waals surface area contributed by atoms with Crippen molar-refractivity contribution in [3.05, 3.63) is 53.6 Å². The van der Waals surface area contributed by atoms with E-state index in [2.05, 4.69) is 4.90 Å². The maximum Gasteiger partial charge on any atom is 0.446 e. The molecule has 160 valence electrons. The zero-order valence-corrected chi connectivity index (χ0v) is 17.0. The van der Waals surface area contributed by atoms with Crippen molar-refractivity contribution in [1.29, 1.82) is 0 Å². The summed E-state index contributed by atoms with van der Waals surface area (Å²) in [6, 6.07) is 11.5. The molecule has 0 aromatic heterocycles. The molecule has 4 rings (SSSR count). The molecular weight excluding hydrogens is 417 g/mol. The molecule has 9 heteroatoms. The van der Waals surface area contributed by atoms with E-state index < -0.39 is 5.51 Å². The van der Waals surface area contributed by atoms with Gasteiger partial charge in [0, 0.05) is 43.2 Å². The molecular formula is C21H21F3N2O3S. The van der Waals surface area contributed by atoms with Gasteiger partial charge < -0.3 is 14.4 Å². The summed E-state index contributed by atoms with van der Waals surface area (Å²) in [5, 5.41) is 0. The van der Waals surface area contributed by atoms with Crippen LogP contribution in [0.2, 0.25) is 0 Å². The molecule has 0 radical (unpaired) electrons. The molecule has 0 bridgehead atoms. The average Bonchev–Trinajstić information content (AvgIpc) is 2.73. The maximum atomic E-state index is 12.7. The standard InChI is InChI=1S/C21H21F3N2O3S/c22-21(23,24)30-17-4-2-16(3-5-17)20(27)26-9-7-25(8-10-26)14-15-1-6-18-19(13-15)29-12-11-28-18/h1-6,13H,7-12,14H2. The summed E-state index contributed by atoms with van der Waals surface area (Å²) in [5.74, 6) is 1.37. The van der Waals surface area contributed by atoms with Gasteiger partial charge in [-0.3, -0.25) is 9.69 Å². The van der Waals surface area contributed by atoms with E-state index in [0.717, 1.165) is 36.7 Å². The number of thioether (sulfide) groups is 1. The summed E-state index contributed by atoms with van der Waals surface area (Å²) in [7, 11) is 0. The number of carbonyl (C=O) groups is 1. The second-order valence-electron chi connectivity index (χ2n) is 7.12. The summed E-state index contributed by atoms with van der Waals surface area (Å²) in [5.41, 5.74) is -2.81. The first-order valence-corrected chi connectivity index (χ1v) is 10.4. The maximum absolute atomic E-state index is 12.7. The molecule has 0 atom stereocenters. The first-order chi connectivity index (χ1) is 14.4.